The maximum absolute atomic E-state index is 4.16. The normalized spacial score (nSPS) is 12.7. The van der Waals surface area contributed by atoms with Gasteiger partial charge in [-0.2, -0.15) is 0 Å². The molecule has 1 unspecified atom stereocenters. The molecule has 84 valence electrons. The maximum Gasteiger partial charge on any atom is 0.0946 e. The van der Waals surface area contributed by atoms with Gasteiger partial charge < -0.3 is 9.88 Å². The average molecular weight is 215 g/mol. The van der Waals surface area contributed by atoms with Crippen LogP contribution in [0.2, 0.25) is 0 Å². The number of aryl methyl sites for hydroxylation is 2. The van der Waals surface area contributed by atoms with Crippen molar-refractivity contribution in [1.82, 2.24) is 14.9 Å². The van der Waals surface area contributed by atoms with Crippen LogP contribution in [0.1, 0.15) is 22.9 Å². The molecule has 3 heteroatoms. The molecule has 0 aliphatic heterocycles. The monoisotopic (exact) mass is 215 g/mol. The zero-order valence-electron chi connectivity index (χ0n) is 9.94. The van der Waals surface area contributed by atoms with E-state index in [1.165, 1.54) is 16.8 Å². The number of hydrogen-bond acceptors (Lipinski definition) is 2. The molecule has 2 rings (SSSR count). The second kappa shape index (κ2) is 4.49. The molecule has 0 spiro atoms. The van der Waals surface area contributed by atoms with Gasteiger partial charge in [-0.15, -0.1) is 0 Å². The molecule has 0 aliphatic rings. The lowest BCUT2D eigenvalue weighted by Crippen LogP contribution is -2.20. The molecular formula is C13H17N3. The van der Waals surface area contributed by atoms with Crippen molar-refractivity contribution in [3.05, 3.63) is 53.6 Å². The molecule has 1 N–H and O–H groups in total. The predicted molar refractivity (Wildman–Crippen MR) is 65.3 cm³/mol. The van der Waals surface area contributed by atoms with Crippen LogP contribution < -0.4 is 5.32 Å². The fourth-order valence-electron chi connectivity index (χ4n) is 1.98. The molecule has 2 aromatic rings. The summed E-state index contributed by atoms with van der Waals surface area (Å²) in [6.07, 6.45) is 3.74. The van der Waals surface area contributed by atoms with Gasteiger partial charge in [0.15, 0.2) is 0 Å². The molecule has 16 heavy (non-hydrogen) atoms. The Balaban J connectivity index is 2.40. The lowest BCUT2D eigenvalue weighted by molar-refractivity contribution is 0.638. The van der Waals surface area contributed by atoms with E-state index >= 15 is 0 Å². The summed E-state index contributed by atoms with van der Waals surface area (Å²) in [6, 6.07) is 8.74. The van der Waals surface area contributed by atoms with Gasteiger partial charge in [-0.05, 0) is 19.5 Å². The Morgan fingerprint density at radius 2 is 2.19 bits per heavy atom. The fraction of sp³-hybridized carbons (Fsp3) is 0.308. The van der Waals surface area contributed by atoms with Gasteiger partial charge in [0.2, 0.25) is 0 Å². The van der Waals surface area contributed by atoms with Gasteiger partial charge >= 0.3 is 0 Å². The van der Waals surface area contributed by atoms with Gasteiger partial charge in [0.1, 0.15) is 0 Å². The van der Waals surface area contributed by atoms with Gasteiger partial charge in [0.05, 0.1) is 24.3 Å². The van der Waals surface area contributed by atoms with Crippen molar-refractivity contribution in [2.45, 2.75) is 13.0 Å². The van der Waals surface area contributed by atoms with Crippen molar-refractivity contribution in [3.8, 4) is 0 Å². The van der Waals surface area contributed by atoms with Crippen molar-refractivity contribution in [3.63, 3.8) is 0 Å². The van der Waals surface area contributed by atoms with E-state index in [2.05, 4.69) is 41.5 Å². The first-order valence-electron chi connectivity index (χ1n) is 5.42. The number of nitrogens with one attached hydrogen (secondary N) is 1. The Bertz CT molecular complexity index is 474. The van der Waals surface area contributed by atoms with Crippen LogP contribution in [-0.4, -0.2) is 16.6 Å². The topological polar surface area (TPSA) is 29.9 Å². The van der Waals surface area contributed by atoms with E-state index in [-0.39, 0.29) is 6.04 Å². The standard InChI is InChI=1S/C13H17N3/c1-10-5-4-6-11(7-10)13(14-2)12-8-15-9-16(12)3/h4-9,13-14H,1-3H3. The Kier molecular flexibility index (Phi) is 3.06. The van der Waals surface area contributed by atoms with Crippen LogP contribution in [0.5, 0.6) is 0 Å². The van der Waals surface area contributed by atoms with Crippen molar-refractivity contribution >= 4 is 0 Å². The van der Waals surface area contributed by atoms with E-state index in [4.69, 9.17) is 0 Å². The summed E-state index contributed by atoms with van der Waals surface area (Å²) in [5, 5.41) is 3.33. The summed E-state index contributed by atoms with van der Waals surface area (Å²) in [5.74, 6) is 0. The third-order valence-electron chi connectivity index (χ3n) is 2.81. The summed E-state index contributed by atoms with van der Waals surface area (Å²) in [5.41, 5.74) is 3.72. The summed E-state index contributed by atoms with van der Waals surface area (Å²) < 4.78 is 2.05. The Morgan fingerprint density at radius 3 is 2.75 bits per heavy atom. The molecule has 1 aromatic carbocycles. The van der Waals surface area contributed by atoms with Crippen LogP contribution in [0.3, 0.4) is 0 Å². The number of aromatic nitrogens is 2. The molecule has 0 saturated heterocycles. The Morgan fingerprint density at radius 1 is 1.38 bits per heavy atom. The van der Waals surface area contributed by atoms with E-state index in [0.717, 1.165) is 0 Å². The highest BCUT2D eigenvalue weighted by Gasteiger charge is 2.14. The van der Waals surface area contributed by atoms with Gasteiger partial charge in [-0.25, -0.2) is 4.98 Å². The molecule has 0 aliphatic carbocycles. The van der Waals surface area contributed by atoms with E-state index < -0.39 is 0 Å². The minimum absolute atomic E-state index is 0.201. The molecule has 0 saturated carbocycles. The molecule has 1 atom stereocenters. The van der Waals surface area contributed by atoms with E-state index in [1.54, 1.807) is 0 Å². The van der Waals surface area contributed by atoms with Gasteiger partial charge in [0, 0.05) is 7.05 Å². The van der Waals surface area contributed by atoms with Crippen LogP contribution in [0, 0.1) is 6.92 Å². The molecule has 0 fully saturated rings. The minimum atomic E-state index is 0.201. The molecule has 0 amide bonds. The van der Waals surface area contributed by atoms with E-state index in [1.807, 2.05) is 31.2 Å². The van der Waals surface area contributed by atoms with Crippen LogP contribution in [-0.2, 0) is 7.05 Å². The summed E-state index contributed by atoms with van der Waals surface area (Å²) in [6.45, 7) is 2.11. The highest BCUT2D eigenvalue weighted by atomic mass is 15.1. The largest absolute Gasteiger partial charge is 0.336 e. The van der Waals surface area contributed by atoms with E-state index in [9.17, 15) is 0 Å². The van der Waals surface area contributed by atoms with Gasteiger partial charge in [0.25, 0.3) is 0 Å². The quantitative estimate of drug-likeness (QED) is 0.849. The zero-order chi connectivity index (χ0) is 11.5. The van der Waals surface area contributed by atoms with Crippen molar-refractivity contribution in [2.75, 3.05) is 7.05 Å². The Labute approximate surface area is 96.1 Å². The van der Waals surface area contributed by atoms with Crippen molar-refractivity contribution in [2.24, 2.45) is 7.05 Å². The first-order chi connectivity index (χ1) is 7.72. The van der Waals surface area contributed by atoms with E-state index in [0.29, 0.717) is 0 Å². The molecule has 0 radical (unpaired) electrons. The average Bonchev–Trinajstić information content (AvgIpc) is 2.67. The van der Waals surface area contributed by atoms with Crippen molar-refractivity contribution in [1.29, 1.82) is 0 Å². The second-order valence-electron chi connectivity index (χ2n) is 4.07. The smallest absolute Gasteiger partial charge is 0.0946 e. The molecule has 0 bridgehead atoms. The van der Waals surface area contributed by atoms with Crippen LogP contribution >= 0.6 is 0 Å². The number of benzene rings is 1. The third-order valence-corrected chi connectivity index (χ3v) is 2.81. The van der Waals surface area contributed by atoms with Crippen LogP contribution in [0.15, 0.2) is 36.8 Å². The minimum Gasteiger partial charge on any atom is -0.336 e. The maximum atomic E-state index is 4.16. The number of rotatable bonds is 3. The second-order valence-corrected chi connectivity index (χ2v) is 4.07. The molecule has 1 aromatic heterocycles. The molecule has 3 nitrogen and oxygen atoms in total. The fourth-order valence-corrected chi connectivity index (χ4v) is 1.98. The lowest BCUT2D eigenvalue weighted by Gasteiger charge is -2.17. The number of nitrogens with zero attached hydrogens (tertiary/aromatic N) is 2. The first-order valence-corrected chi connectivity index (χ1v) is 5.42. The number of hydrogen-bond donors (Lipinski definition) is 1. The highest BCUT2D eigenvalue weighted by molar-refractivity contribution is 5.30. The highest BCUT2D eigenvalue weighted by Crippen LogP contribution is 2.21. The summed E-state index contributed by atoms with van der Waals surface area (Å²) >= 11 is 0. The third kappa shape index (κ3) is 1.99. The van der Waals surface area contributed by atoms with Gasteiger partial charge in [-0.3, -0.25) is 0 Å². The Hall–Kier alpha value is -1.61. The zero-order valence-corrected chi connectivity index (χ0v) is 9.94. The van der Waals surface area contributed by atoms with Gasteiger partial charge in [-0.1, -0.05) is 29.8 Å². The SMILES string of the molecule is CNC(c1cccc(C)c1)c1cncn1C. The summed E-state index contributed by atoms with van der Waals surface area (Å²) in [7, 11) is 3.99. The van der Waals surface area contributed by atoms with Crippen LogP contribution in [0.4, 0.5) is 0 Å². The van der Waals surface area contributed by atoms with Crippen molar-refractivity contribution < 1.29 is 0 Å². The first kappa shape index (κ1) is 10.9. The predicted octanol–water partition coefficient (Wildman–Crippen LogP) is 2.04. The number of imidazole rings is 1. The van der Waals surface area contributed by atoms with Crippen LogP contribution in [0.25, 0.3) is 0 Å². The molecule has 1 heterocycles. The molecular weight excluding hydrogens is 198 g/mol. The summed E-state index contributed by atoms with van der Waals surface area (Å²) in [4.78, 5) is 4.16. The lowest BCUT2D eigenvalue weighted by atomic mass is 10.0.